The highest BCUT2D eigenvalue weighted by molar-refractivity contribution is 6.33. The summed E-state index contributed by atoms with van der Waals surface area (Å²) in [6.45, 7) is 7.36. The number of rotatable bonds is 5. The Bertz CT molecular complexity index is 403. The van der Waals surface area contributed by atoms with Gasteiger partial charge >= 0.3 is 0 Å². The first-order chi connectivity index (χ1) is 8.30. The second-order valence-electron chi connectivity index (χ2n) is 5.20. The fourth-order valence-corrected chi connectivity index (χ4v) is 2.35. The maximum atomic E-state index is 6.32. The Balaban J connectivity index is 3.23. The molecule has 1 atom stereocenters. The predicted octanol–water partition coefficient (Wildman–Crippen LogP) is 3.98. The van der Waals surface area contributed by atoms with Gasteiger partial charge in [0.15, 0.2) is 0 Å². The van der Waals surface area contributed by atoms with Gasteiger partial charge in [-0.2, -0.15) is 0 Å². The second-order valence-corrected chi connectivity index (χ2v) is 6.05. The van der Waals surface area contributed by atoms with Crippen molar-refractivity contribution in [2.24, 2.45) is 0 Å². The molecule has 0 aliphatic carbocycles. The van der Waals surface area contributed by atoms with E-state index in [0.717, 1.165) is 17.1 Å². The summed E-state index contributed by atoms with van der Waals surface area (Å²) in [6, 6.07) is 5.75. The molecular weight excluding hydrogens is 267 g/mol. The third-order valence-corrected chi connectivity index (χ3v) is 4.12. The molecule has 1 rings (SSSR count). The maximum Gasteiger partial charge on any atom is 0.0516 e. The van der Waals surface area contributed by atoms with E-state index in [4.69, 9.17) is 23.2 Å². The summed E-state index contributed by atoms with van der Waals surface area (Å²) in [7, 11) is 4.14. The molecule has 0 bridgehead atoms. The van der Waals surface area contributed by atoms with E-state index in [1.807, 2.05) is 18.2 Å². The highest BCUT2D eigenvalue weighted by Gasteiger charge is 2.33. The Kier molecular flexibility index (Phi) is 5.47. The molecule has 1 aromatic rings. The lowest BCUT2D eigenvalue weighted by Crippen LogP contribution is -2.49. The van der Waals surface area contributed by atoms with E-state index in [1.54, 1.807) is 0 Å². The lowest BCUT2D eigenvalue weighted by Gasteiger charge is -2.41. The van der Waals surface area contributed by atoms with Gasteiger partial charge in [-0.1, -0.05) is 30.1 Å². The van der Waals surface area contributed by atoms with E-state index < -0.39 is 0 Å². The van der Waals surface area contributed by atoms with Gasteiger partial charge in [0, 0.05) is 15.6 Å². The molecular formula is C14H22Cl2N2. The topological polar surface area (TPSA) is 15.3 Å². The number of hydrogen-bond donors (Lipinski definition) is 1. The second kappa shape index (κ2) is 6.25. The Morgan fingerprint density at radius 2 is 1.89 bits per heavy atom. The Hall–Kier alpha value is -0.280. The van der Waals surface area contributed by atoms with Crippen molar-refractivity contribution in [3.8, 4) is 0 Å². The molecule has 0 aliphatic rings. The molecule has 0 spiro atoms. The minimum Gasteiger partial charge on any atom is -0.309 e. The summed E-state index contributed by atoms with van der Waals surface area (Å²) in [5.74, 6) is 0. The first kappa shape index (κ1) is 15.8. The summed E-state index contributed by atoms with van der Waals surface area (Å²) in [4.78, 5) is 2.19. The van der Waals surface area contributed by atoms with Gasteiger partial charge < -0.3 is 10.2 Å². The van der Waals surface area contributed by atoms with Gasteiger partial charge in [0.1, 0.15) is 0 Å². The van der Waals surface area contributed by atoms with Crippen LogP contribution in [0.15, 0.2) is 18.2 Å². The van der Waals surface area contributed by atoms with Crippen LogP contribution >= 0.6 is 23.2 Å². The lowest BCUT2D eigenvalue weighted by atomic mass is 9.87. The molecule has 4 heteroatoms. The number of hydrogen-bond acceptors (Lipinski definition) is 2. The molecule has 1 unspecified atom stereocenters. The third kappa shape index (κ3) is 3.39. The number of likely N-dealkylation sites (N-methyl/N-ethyl adjacent to an activating group) is 2. The Morgan fingerprint density at radius 3 is 2.39 bits per heavy atom. The fraction of sp³-hybridized carbons (Fsp3) is 0.571. The molecule has 0 amide bonds. The summed E-state index contributed by atoms with van der Waals surface area (Å²) in [6.07, 6.45) is 0. The van der Waals surface area contributed by atoms with Crippen molar-refractivity contribution in [3.63, 3.8) is 0 Å². The van der Waals surface area contributed by atoms with E-state index >= 15 is 0 Å². The zero-order chi connectivity index (χ0) is 13.9. The number of halogens is 2. The molecule has 0 heterocycles. The molecule has 1 aromatic carbocycles. The lowest BCUT2D eigenvalue weighted by molar-refractivity contribution is 0.139. The summed E-state index contributed by atoms with van der Waals surface area (Å²) >= 11 is 12.4. The summed E-state index contributed by atoms with van der Waals surface area (Å²) < 4.78 is 0. The number of nitrogens with one attached hydrogen (secondary N) is 1. The standard InChI is InChI=1S/C14H22Cl2N2/c1-6-17-13(14(2,3)18(4)5)11-9-10(15)7-8-12(11)16/h7-9,13,17H,6H2,1-5H3. The van der Waals surface area contributed by atoms with Gasteiger partial charge in [0.25, 0.3) is 0 Å². The van der Waals surface area contributed by atoms with Crippen LogP contribution in [0.5, 0.6) is 0 Å². The van der Waals surface area contributed by atoms with Crippen molar-refractivity contribution in [3.05, 3.63) is 33.8 Å². The molecule has 0 saturated heterocycles. The molecule has 1 N–H and O–H groups in total. The third-order valence-electron chi connectivity index (χ3n) is 3.54. The number of benzene rings is 1. The van der Waals surface area contributed by atoms with Crippen LogP contribution in [0.25, 0.3) is 0 Å². The van der Waals surface area contributed by atoms with E-state index in [2.05, 4.69) is 45.1 Å². The summed E-state index contributed by atoms with van der Waals surface area (Å²) in [5, 5.41) is 4.97. The van der Waals surface area contributed by atoms with Gasteiger partial charge in [-0.15, -0.1) is 0 Å². The fourth-order valence-electron chi connectivity index (χ4n) is 1.94. The van der Waals surface area contributed by atoms with Gasteiger partial charge in [0.05, 0.1) is 6.04 Å². The van der Waals surface area contributed by atoms with Crippen LogP contribution in [-0.2, 0) is 0 Å². The van der Waals surface area contributed by atoms with E-state index in [0.29, 0.717) is 5.02 Å². The van der Waals surface area contributed by atoms with Gasteiger partial charge in [-0.25, -0.2) is 0 Å². The monoisotopic (exact) mass is 288 g/mol. The maximum absolute atomic E-state index is 6.32. The molecule has 2 nitrogen and oxygen atoms in total. The number of nitrogens with zero attached hydrogens (tertiary/aromatic N) is 1. The minimum atomic E-state index is -0.0651. The van der Waals surface area contributed by atoms with Crippen LogP contribution in [0.3, 0.4) is 0 Å². The van der Waals surface area contributed by atoms with E-state index in [9.17, 15) is 0 Å². The molecule has 0 radical (unpaired) electrons. The van der Waals surface area contributed by atoms with Crippen molar-refractivity contribution < 1.29 is 0 Å². The molecule has 0 fully saturated rings. The van der Waals surface area contributed by atoms with Crippen molar-refractivity contribution in [2.75, 3.05) is 20.6 Å². The molecule has 0 aliphatic heterocycles. The first-order valence-corrected chi connectivity index (χ1v) is 6.92. The Morgan fingerprint density at radius 1 is 1.28 bits per heavy atom. The zero-order valence-corrected chi connectivity index (χ0v) is 13.2. The molecule has 0 aromatic heterocycles. The smallest absolute Gasteiger partial charge is 0.0516 e. The van der Waals surface area contributed by atoms with Crippen LogP contribution in [-0.4, -0.2) is 31.1 Å². The SMILES string of the molecule is CCNC(c1cc(Cl)ccc1Cl)C(C)(C)N(C)C. The van der Waals surface area contributed by atoms with Crippen molar-refractivity contribution in [1.82, 2.24) is 10.2 Å². The first-order valence-electron chi connectivity index (χ1n) is 6.16. The molecule has 18 heavy (non-hydrogen) atoms. The van der Waals surface area contributed by atoms with Gasteiger partial charge in [0.2, 0.25) is 0 Å². The molecule has 102 valence electrons. The van der Waals surface area contributed by atoms with Crippen molar-refractivity contribution >= 4 is 23.2 Å². The zero-order valence-electron chi connectivity index (χ0n) is 11.7. The van der Waals surface area contributed by atoms with Crippen LogP contribution in [0.1, 0.15) is 32.4 Å². The van der Waals surface area contributed by atoms with E-state index in [-0.39, 0.29) is 11.6 Å². The van der Waals surface area contributed by atoms with Crippen molar-refractivity contribution in [2.45, 2.75) is 32.4 Å². The van der Waals surface area contributed by atoms with E-state index in [1.165, 1.54) is 0 Å². The minimum absolute atomic E-state index is 0.0651. The van der Waals surface area contributed by atoms with Crippen LogP contribution in [0.4, 0.5) is 0 Å². The van der Waals surface area contributed by atoms with Gasteiger partial charge in [-0.05, 0) is 58.3 Å². The Labute approximate surface area is 120 Å². The average molecular weight is 289 g/mol. The quantitative estimate of drug-likeness (QED) is 0.882. The van der Waals surface area contributed by atoms with Crippen molar-refractivity contribution in [1.29, 1.82) is 0 Å². The van der Waals surface area contributed by atoms with Crippen LogP contribution < -0.4 is 5.32 Å². The largest absolute Gasteiger partial charge is 0.309 e. The highest BCUT2D eigenvalue weighted by Crippen LogP contribution is 2.35. The molecule has 0 saturated carbocycles. The summed E-state index contributed by atoms with van der Waals surface area (Å²) in [5.41, 5.74) is 0.981. The average Bonchev–Trinajstić information content (AvgIpc) is 2.29. The predicted molar refractivity (Wildman–Crippen MR) is 80.6 cm³/mol. The van der Waals surface area contributed by atoms with Crippen LogP contribution in [0.2, 0.25) is 10.0 Å². The van der Waals surface area contributed by atoms with Crippen LogP contribution in [0, 0.1) is 0 Å². The van der Waals surface area contributed by atoms with Gasteiger partial charge in [-0.3, -0.25) is 0 Å². The normalized spacial score (nSPS) is 14.0. The highest BCUT2D eigenvalue weighted by atomic mass is 35.5.